The average molecular weight is 162 g/mol. The summed E-state index contributed by atoms with van der Waals surface area (Å²) in [6.45, 7) is 0. The summed E-state index contributed by atoms with van der Waals surface area (Å²) in [5.74, 6) is 1.67. The molecule has 3 aliphatic rings. The van der Waals surface area contributed by atoms with Crippen LogP contribution in [0.25, 0.3) is 0 Å². The first-order chi connectivity index (χ1) is 5.95. The van der Waals surface area contributed by atoms with Crippen molar-refractivity contribution in [2.24, 2.45) is 16.8 Å². The van der Waals surface area contributed by atoms with Gasteiger partial charge in [-0.15, -0.1) is 0 Å². The van der Waals surface area contributed by atoms with Crippen LogP contribution in [0.1, 0.15) is 19.3 Å². The van der Waals surface area contributed by atoms with Gasteiger partial charge in [-0.3, -0.25) is 10.3 Å². The summed E-state index contributed by atoms with van der Waals surface area (Å²) in [6, 6.07) is 0.631. The summed E-state index contributed by atoms with van der Waals surface area (Å²) in [5.41, 5.74) is 0. The number of aliphatic imine (C=N–C) groups is 1. The van der Waals surface area contributed by atoms with Gasteiger partial charge in [0.15, 0.2) is 0 Å². The third-order valence-electron chi connectivity index (χ3n) is 3.43. The molecule has 0 aromatic rings. The van der Waals surface area contributed by atoms with Crippen LogP contribution in [0.5, 0.6) is 0 Å². The lowest BCUT2D eigenvalue weighted by molar-refractivity contribution is 0.354. The SMILES string of the molecule is C1=CC2NC3N=CCC3C2CC1. The maximum atomic E-state index is 4.45. The van der Waals surface area contributed by atoms with Crippen LogP contribution in [0.2, 0.25) is 0 Å². The number of nitrogens with zero attached hydrogens (tertiary/aromatic N) is 1. The summed E-state index contributed by atoms with van der Waals surface area (Å²) < 4.78 is 0. The van der Waals surface area contributed by atoms with Gasteiger partial charge in [-0.25, -0.2) is 0 Å². The first kappa shape index (κ1) is 6.84. The lowest BCUT2D eigenvalue weighted by Crippen LogP contribution is -2.29. The molecule has 4 unspecified atom stereocenters. The fraction of sp³-hybridized carbons (Fsp3) is 0.700. The highest BCUT2D eigenvalue weighted by molar-refractivity contribution is 5.61. The minimum absolute atomic E-state index is 0.447. The third kappa shape index (κ3) is 0.816. The molecule has 0 amide bonds. The molecule has 3 rings (SSSR count). The Hall–Kier alpha value is -0.630. The molecule has 1 fully saturated rings. The highest BCUT2D eigenvalue weighted by Gasteiger charge is 2.43. The molecule has 0 bridgehead atoms. The highest BCUT2D eigenvalue weighted by atomic mass is 15.1. The Balaban J connectivity index is 1.88. The zero-order chi connectivity index (χ0) is 7.97. The zero-order valence-electron chi connectivity index (χ0n) is 7.11. The number of allylic oxidation sites excluding steroid dienone is 1. The van der Waals surface area contributed by atoms with Gasteiger partial charge in [0.25, 0.3) is 0 Å². The van der Waals surface area contributed by atoms with Crippen molar-refractivity contribution in [3.8, 4) is 0 Å². The molecule has 2 heterocycles. The van der Waals surface area contributed by atoms with Crippen molar-refractivity contribution in [2.45, 2.75) is 31.5 Å². The van der Waals surface area contributed by atoms with Crippen molar-refractivity contribution in [1.29, 1.82) is 0 Å². The Bertz CT molecular complexity index is 244. The number of hydrogen-bond donors (Lipinski definition) is 1. The van der Waals surface area contributed by atoms with Crippen LogP contribution in [-0.2, 0) is 0 Å². The van der Waals surface area contributed by atoms with Gasteiger partial charge >= 0.3 is 0 Å². The molecule has 1 aliphatic carbocycles. The fourth-order valence-electron chi connectivity index (χ4n) is 2.82. The molecule has 2 nitrogen and oxygen atoms in total. The molecule has 0 saturated carbocycles. The summed E-state index contributed by atoms with van der Waals surface area (Å²) >= 11 is 0. The van der Waals surface area contributed by atoms with Crippen LogP contribution >= 0.6 is 0 Å². The molecule has 0 aromatic carbocycles. The number of fused-ring (bicyclic) bond motifs is 3. The molecule has 0 spiro atoms. The zero-order valence-corrected chi connectivity index (χ0v) is 7.11. The minimum atomic E-state index is 0.447. The van der Waals surface area contributed by atoms with Gasteiger partial charge < -0.3 is 0 Å². The van der Waals surface area contributed by atoms with E-state index < -0.39 is 0 Å². The smallest absolute Gasteiger partial charge is 0.103 e. The van der Waals surface area contributed by atoms with Gasteiger partial charge in [0.05, 0.1) is 0 Å². The van der Waals surface area contributed by atoms with E-state index in [-0.39, 0.29) is 0 Å². The van der Waals surface area contributed by atoms with Gasteiger partial charge in [-0.05, 0) is 25.2 Å². The normalized spacial score (nSPS) is 49.3. The van der Waals surface area contributed by atoms with Gasteiger partial charge in [-0.1, -0.05) is 12.2 Å². The predicted octanol–water partition coefficient (Wildman–Crippen LogP) is 1.34. The Labute approximate surface area is 72.8 Å². The molecule has 1 N–H and O–H groups in total. The lowest BCUT2D eigenvalue weighted by Gasteiger charge is -2.22. The molecular weight excluding hydrogens is 148 g/mol. The van der Waals surface area contributed by atoms with Crippen LogP contribution in [0.4, 0.5) is 0 Å². The van der Waals surface area contributed by atoms with Gasteiger partial charge in [0.1, 0.15) is 6.17 Å². The van der Waals surface area contributed by atoms with Gasteiger partial charge in [-0.2, -0.15) is 0 Å². The molecular formula is C10H14N2. The maximum absolute atomic E-state index is 4.45. The Kier molecular flexibility index (Phi) is 1.38. The van der Waals surface area contributed by atoms with Crippen molar-refractivity contribution in [2.75, 3.05) is 0 Å². The second-order valence-electron chi connectivity index (χ2n) is 4.04. The molecule has 2 heteroatoms. The molecule has 1 saturated heterocycles. The first-order valence-corrected chi connectivity index (χ1v) is 4.89. The van der Waals surface area contributed by atoms with E-state index in [1.807, 2.05) is 0 Å². The van der Waals surface area contributed by atoms with E-state index in [9.17, 15) is 0 Å². The number of hydrogen-bond acceptors (Lipinski definition) is 2. The summed E-state index contributed by atoms with van der Waals surface area (Å²) in [6.07, 6.45) is 11.0. The first-order valence-electron chi connectivity index (χ1n) is 4.89. The van der Waals surface area contributed by atoms with Crippen LogP contribution < -0.4 is 5.32 Å². The standard InChI is InChI=1S/C10H14N2/c1-2-4-9-7(3-1)8-5-6-11-10(8)12-9/h2,4,6-10,12H,1,3,5H2. The van der Waals surface area contributed by atoms with Gasteiger partial charge in [0, 0.05) is 18.2 Å². The average Bonchev–Trinajstić information content (AvgIpc) is 2.62. The van der Waals surface area contributed by atoms with Crippen molar-refractivity contribution < 1.29 is 0 Å². The molecule has 0 radical (unpaired) electrons. The van der Waals surface area contributed by atoms with Crippen LogP contribution in [0, 0.1) is 11.8 Å². The van der Waals surface area contributed by atoms with E-state index in [0.29, 0.717) is 12.2 Å². The molecule has 2 aliphatic heterocycles. The summed E-state index contributed by atoms with van der Waals surface area (Å²) in [7, 11) is 0. The van der Waals surface area contributed by atoms with Crippen molar-refractivity contribution >= 4 is 6.21 Å². The number of rotatable bonds is 0. The third-order valence-corrected chi connectivity index (χ3v) is 3.43. The van der Waals surface area contributed by atoms with E-state index in [2.05, 4.69) is 28.7 Å². The lowest BCUT2D eigenvalue weighted by atomic mass is 9.82. The monoisotopic (exact) mass is 162 g/mol. The molecule has 0 aromatic heterocycles. The van der Waals surface area contributed by atoms with Crippen LogP contribution in [0.15, 0.2) is 17.1 Å². The fourth-order valence-corrected chi connectivity index (χ4v) is 2.82. The van der Waals surface area contributed by atoms with Crippen molar-refractivity contribution in [3.05, 3.63) is 12.2 Å². The maximum Gasteiger partial charge on any atom is 0.103 e. The quantitative estimate of drug-likeness (QED) is 0.534. The van der Waals surface area contributed by atoms with E-state index >= 15 is 0 Å². The highest BCUT2D eigenvalue weighted by Crippen LogP contribution is 2.38. The predicted molar refractivity (Wildman–Crippen MR) is 49.2 cm³/mol. The van der Waals surface area contributed by atoms with E-state index in [0.717, 1.165) is 11.8 Å². The largest absolute Gasteiger partial charge is 0.289 e. The van der Waals surface area contributed by atoms with E-state index in [4.69, 9.17) is 0 Å². The minimum Gasteiger partial charge on any atom is -0.289 e. The Morgan fingerprint density at radius 2 is 2.33 bits per heavy atom. The second-order valence-corrected chi connectivity index (χ2v) is 4.04. The van der Waals surface area contributed by atoms with Gasteiger partial charge in [0.2, 0.25) is 0 Å². The number of nitrogens with one attached hydrogen (secondary N) is 1. The molecule has 4 atom stereocenters. The van der Waals surface area contributed by atoms with Crippen LogP contribution in [-0.4, -0.2) is 18.4 Å². The topological polar surface area (TPSA) is 24.4 Å². The molecule has 12 heavy (non-hydrogen) atoms. The summed E-state index contributed by atoms with van der Waals surface area (Å²) in [5, 5.41) is 3.57. The Morgan fingerprint density at radius 1 is 1.33 bits per heavy atom. The van der Waals surface area contributed by atoms with E-state index in [1.54, 1.807) is 0 Å². The van der Waals surface area contributed by atoms with E-state index in [1.165, 1.54) is 19.3 Å². The summed E-state index contributed by atoms with van der Waals surface area (Å²) in [4.78, 5) is 4.45. The molecule has 64 valence electrons. The second kappa shape index (κ2) is 2.43. The van der Waals surface area contributed by atoms with Crippen molar-refractivity contribution in [3.63, 3.8) is 0 Å². The Morgan fingerprint density at radius 3 is 3.33 bits per heavy atom. The van der Waals surface area contributed by atoms with Crippen molar-refractivity contribution in [1.82, 2.24) is 5.32 Å². The van der Waals surface area contributed by atoms with Crippen LogP contribution in [0.3, 0.4) is 0 Å².